The Labute approximate surface area is 90.4 Å². The van der Waals surface area contributed by atoms with Gasteiger partial charge >= 0.3 is 5.97 Å². The smallest absolute Gasteiger partial charge is 0.328 e. The maximum atomic E-state index is 11.3. The molecule has 80 valence electrons. The maximum Gasteiger partial charge on any atom is 0.328 e. The quantitative estimate of drug-likeness (QED) is 0.570. The number of aliphatic carboxylic acids is 1. The number of anilines is 1. The summed E-state index contributed by atoms with van der Waals surface area (Å²) in [5.74, 6) is -2.37. The molecule has 1 amide bonds. The molecule has 0 saturated heterocycles. The van der Waals surface area contributed by atoms with Crippen LogP contribution in [0.1, 0.15) is 15.9 Å². The van der Waals surface area contributed by atoms with Crippen molar-refractivity contribution in [3.63, 3.8) is 0 Å². The van der Waals surface area contributed by atoms with Crippen molar-refractivity contribution in [2.75, 3.05) is 5.32 Å². The molecule has 1 aromatic carbocycles. The second kappa shape index (κ2) is 3.62. The molecule has 0 fully saturated rings. The zero-order valence-corrected chi connectivity index (χ0v) is 8.06. The Hall–Kier alpha value is -2.43. The van der Waals surface area contributed by atoms with Crippen molar-refractivity contribution in [1.82, 2.24) is 0 Å². The molecular formula is C11H7NO4. The van der Waals surface area contributed by atoms with Gasteiger partial charge in [-0.3, -0.25) is 9.59 Å². The minimum absolute atomic E-state index is 0.275. The monoisotopic (exact) mass is 217 g/mol. The fourth-order valence-corrected chi connectivity index (χ4v) is 1.49. The summed E-state index contributed by atoms with van der Waals surface area (Å²) in [6.07, 6.45) is 2.28. The number of rotatable bonds is 2. The third-order valence-electron chi connectivity index (χ3n) is 2.19. The number of nitrogens with one attached hydrogen (secondary N) is 1. The fourth-order valence-electron chi connectivity index (χ4n) is 1.49. The number of ketones is 1. The van der Waals surface area contributed by atoms with Crippen LogP contribution < -0.4 is 5.32 Å². The van der Waals surface area contributed by atoms with Crippen LogP contribution in [0.3, 0.4) is 0 Å². The van der Waals surface area contributed by atoms with Crippen LogP contribution in [0.4, 0.5) is 5.69 Å². The molecular weight excluding hydrogens is 210 g/mol. The van der Waals surface area contributed by atoms with Crippen LogP contribution in [0, 0.1) is 0 Å². The highest BCUT2D eigenvalue weighted by Crippen LogP contribution is 2.27. The summed E-state index contributed by atoms with van der Waals surface area (Å²) >= 11 is 0. The van der Waals surface area contributed by atoms with Crippen molar-refractivity contribution in [2.24, 2.45) is 0 Å². The number of carbonyl (C=O) groups is 3. The predicted molar refractivity (Wildman–Crippen MR) is 56.1 cm³/mol. The molecule has 0 bridgehead atoms. The van der Waals surface area contributed by atoms with Gasteiger partial charge in [0.25, 0.3) is 11.7 Å². The molecule has 0 saturated carbocycles. The Morgan fingerprint density at radius 1 is 1.31 bits per heavy atom. The second-order valence-corrected chi connectivity index (χ2v) is 3.22. The van der Waals surface area contributed by atoms with E-state index in [9.17, 15) is 14.4 Å². The Balaban J connectivity index is 2.48. The number of hydrogen-bond donors (Lipinski definition) is 2. The summed E-state index contributed by atoms with van der Waals surface area (Å²) < 4.78 is 0. The van der Waals surface area contributed by atoms with Crippen molar-refractivity contribution < 1.29 is 19.5 Å². The van der Waals surface area contributed by atoms with Gasteiger partial charge in [0.05, 0.1) is 11.3 Å². The third kappa shape index (κ3) is 1.58. The fraction of sp³-hybridized carbons (Fsp3) is 0. The second-order valence-electron chi connectivity index (χ2n) is 3.22. The lowest BCUT2D eigenvalue weighted by atomic mass is 10.1. The number of carboxylic acid groups (broad SMARTS) is 1. The molecule has 1 aromatic rings. The molecule has 5 nitrogen and oxygen atoms in total. The number of Topliss-reactive ketones (excluding diaryl/α,β-unsaturated/α-hetero) is 1. The average Bonchev–Trinajstić information content (AvgIpc) is 2.53. The zero-order chi connectivity index (χ0) is 11.7. The first-order chi connectivity index (χ1) is 7.59. The van der Waals surface area contributed by atoms with Gasteiger partial charge in [-0.15, -0.1) is 0 Å². The Kier molecular flexibility index (Phi) is 2.28. The minimum atomic E-state index is -1.09. The largest absolute Gasteiger partial charge is 0.478 e. The van der Waals surface area contributed by atoms with Crippen LogP contribution in [0.15, 0.2) is 24.3 Å². The molecule has 16 heavy (non-hydrogen) atoms. The summed E-state index contributed by atoms with van der Waals surface area (Å²) in [7, 11) is 0. The lowest BCUT2D eigenvalue weighted by molar-refractivity contribution is -0.131. The molecule has 1 aliphatic heterocycles. The van der Waals surface area contributed by atoms with E-state index in [-0.39, 0.29) is 5.56 Å². The summed E-state index contributed by atoms with van der Waals surface area (Å²) in [4.78, 5) is 32.8. The van der Waals surface area contributed by atoms with E-state index in [1.807, 2.05) is 0 Å². The van der Waals surface area contributed by atoms with E-state index in [1.165, 1.54) is 12.1 Å². The van der Waals surface area contributed by atoms with E-state index in [2.05, 4.69) is 5.32 Å². The van der Waals surface area contributed by atoms with Gasteiger partial charge in [0.2, 0.25) is 0 Å². The standard InChI is InChI=1S/C11H7NO4/c13-8(14)5-4-6-2-1-3-7-9(6)12-11(16)10(7)15/h1-5H,(H,13,14)(H,12,15,16). The number of amides is 1. The molecule has 1 heterocycles. The summed E-state index contributed by atoms with van der Waals surface area (Å²) in [6.45, 7) is 0. The third-order valence-corrected chi connectivity index (χ3v) is 2.19. The van der Waals surface area contributed by atoms with Gasteiger partial charge in [-0.25, -0.2) is 4.79 Å². The van der Waals surface area contributed by atoms with E-state index >= 15 is 0 Å². The van der Waals surface area contributed by atoms with Crippen molar-refractivity contribution in [3.05, 3.63) is 35.4 Å². The first kappa shape index (κ1) is 10.1. The normalized spacial score (nSPS) is 14.0. The van der Waals surface area contributed by atoms with Crippen LogP contribution in [0.5, 0.6) is 0 Å². The molecule has 2 N–H and O–H groups in total. The van der Waals surface area contributed by atoms with Gasteiger partial charge < -0.3 is 10.4 Å². The van der Waals surface area contributed by atoms with Crippen molar-refractivity contribution in [1.29, 1.82) is 0 Å². The summed E-state index contributed by atoms with van der Waals surface area (Å²) in [5.41, 5.74) is 1.15. The first-order valence-electron chi connectivity index (χ1n) is 4.49. The molecule has 0 aliphatic carbocycles. The average molecular weight is 217 g/mol. The van der Waals surface area contributed by atoms with Gasteiger partial charge in [-0.05, 0) is 17.7 Å². The molecule has 0 aromatic heterocycles. The molecule has 0 spiro atoms. The minimum Gasteiger partial charge on any atom is -0.478 e. The number of benzene rings is 1. The van der Waals surface area contributed by atoms with Gasteiger partial charge in [-0.2, -0.15) is 0 Å². The van der Waals surface area contributed by atoms with Crippen LogP contribution in [0.25, 0.3) is 6.08 Å². The molecule has 1 aliphatic rings. The number of carboxylic acids is 1. The van der Waals surface area contributed by atoms with E-state index in [4.69, 9.17) is 5.11 Å². The molecule has 2 rings (SSSR count). The highest BCUT2D eigenvalue weighted by Gasteiger charge is 2.28. The van der Waals surface area contributed by atoms with Crippen molar-refractivity contribution >= 4 is 29.4 Å². The van der Waals surface area contributed by atoms with E-state index < -0.39 is 17.7 Å². The van der Waals surface area contributed by atoms with Crippen LogP contribution in [0.2, 0.25) is 0 Å². The first-order valence-corrected chi connectivity index (χ1v) is 4.49. The highest BCUT2D eigenvalue weighted by molar-refractivity contribution is 6.52. The van der Waals surface area contributed by atoms with Gasteiger partial charge in [0.1, 0.15) is 0 Å². The Morgan fingerprint density at radius 3 is 2.75 bits per heavy atom. The van der Waals surface area contributed by atoms with Crippen LogP contribution in [-0.2, 0) is 9.59 Å². The van der Waals surface area contributed by atoms with Gasteiger partial charge in [0, 0.05) is 6.08 Å². The predicted octanol–water partition coefficient (Wildman–Crippen LogP) is 0.919. The lowest BCUT2D eigenvalue weighted by Crippen LogP contribution is -2.12. The molecule has 5 heteroatoms. The summed E-state index contributed by atoms with van der Waals surface area (Å²) in [6, 6.07) is 4.74. The van der Waals surface area contributed by atoms with E-state index in [0.29, 0.717) is 11.3 Å². The highest BCUT2D eigenvalue weighted by atomic mass is 16.4. The topological polar surface area (TPSA) is 83.5 Å². The number of fused-ring (bicyclic) bond motifs is 1. The van der Waals surface area contributed by atoms with Crippen LogP contribution in [-0.4, -0.2) is 22.8 Å². The Bertz CT molecular complexity index is 531. The van der Waals surface area contributed by atoms with E-state index in [1.54, 1.807) is 12.1 Å². The van der Waals surface area contributed by atoms with Gasteiger partial charge in [0.15, 0.2) is 0 Å². The Morgan fingerprint density at radius 2 is 2.06 bits per heavy atom. The number of para-hydroxylation sites is 1. The van der Waals surface area contributed by atoms with Crippen molar-refractivity contribution in [2.45, 2.75) is 0 Å². The summed E-state index contributed by atoms with van der Waals surface area (Å²) in [5, 5.41) is 10.9. The molecule has 0 unspecified atom stereocenters. The van der Waals surface area contributed by atoms with Crippen LogP contribution >= 0.6 is 0 Å². The number of hydrogen-bond acceptors (Lipinski definition) is 3. The SMILES string of the molecule is O=C(O)C=Cc1cccc2c1NC(=O)C2=O. The van der Waals surface area contributed by atoms with Gasteiger partial charge in [-0.1, -0.05) is 12.1 Å². The van der Waals surface area contributed by atoms with Crippen molar-refractivity contribution in [3.8, 4) is 0 Å². The molecule has 0 atom stereocenters. The maximum absolute atomic E-state index is 11.3. The number of carbonyl (C=O) groups excluding carboxylic acids is 2. The van der Waals surface area contributed by atoms with E-state index in [0.717, 1.165) is 6.08 Å². The lowest BCUT2D eigenvalue weighted by Gasteiger charge is -2.01. The zero-order valence-electron chi connectivity index (χ0n) is 8.06. The molecule has 0 radical (unpaired) electrons.